The third kappa shape index (κ3) is 1.03. The van der Waals surface area contributed by atoms with Crippen LogP contribution in [0.15, 0.2) is 4.60 Å². The SMILES string of the molecule is Cc1[nH]c(Cl)nc1Br. The molecule has 1 rings (SSSR count). The van der Waals surface area contributed by atoms with Crippen molar-refractivity contribution in [1.29, 1.82) is 0 Å². The van der Waals surface area contributed by atoms with Crippen LogP contribution in [0.4, 0.5) is 0 Å². The lowest BCUT2D eigenvalue weighted by molar-refractivity contribution is 1.25. The molecular formula is C4H4BrClN2. The van der Waals surface area contributed by atoms with Gasteiger partial charge in [0.15, 0.2) is 0 Å². The predicted molar refractivity (Wildman–Crippen MR) is 36.0 cm³/mol. The molecule has 1 aromatic rings. The zero-order chi connectivity index (χ0) is 6.15. The van der Waals surface area contributed by atoms with E-state index in [2.05, 4.69) is 25.9 Å². The van der Waals surface area contributed by atoms with Crippen molar-refractivity contribution in [2.75, 3.05) is 0 Å². The van der Waals surface area contributed by atoms with Gasteiger partial charge in [0.2, 0.25) is 5.28 Å². The van der Waals surface area contributed by atoms with Crippen LogP contribution in [0.3, 0.4) is 0 Å². The van der Waals surface area contributed by atoms with Crippen LogP contribution < -0.4 is 0 Å². The third-order valence-electron chi connectivity index (χ3n) is 0.796. The van der Waals surface area contributed by atoms with Gasteiger partial charge in [-0.2, -0.15) is 0 Å². The molecule has 1 N–H and O–H groups in total. The minimum Gasteiger partial charge on any atom is -0.332 e. The number of hydrogen-bond acceptors (Lipinski definition) is 1. The fraction of sp³-hybridized carbons (Fsp3) is 0.250. The molecule has 0 radical (unpaired) electrons. The smallest absolute Gasteiger partial charge is 0.201 e. The Labute approximate surface area is 60.4 Å². The largest absolute Gasteiger partial charge is 0.332 e. The first-order chi connectivity index (χ1) is 3.70. The molecule has 2 nitrogen and oxygen atoms in total. The van der Waals surface area contributed by atoms with Crippen LogP contribution in [0, 0.1) is 6.92 Å². The number of halogens is 2. The molecule has 0 aromatic carbocycles. The topological polar surface area (TPSA) is 28.7 Å². The number of nitrogens with one attached hydrogen (secondary N) is 1. The Morgan fingerprint density at radius 2 is 2.38 bits per heavy atom. The number of aromatic amines is 1. The van der Waals surface area contributed by atoms with Crippen molar-refractivity contribution < 1.29 is 0 Å². The van der Waals surface area contributed by atoms with E-state index in [1.54, 1.807) is 0 Å². The first kappa shape index (κ1) is 6.11. The van der Waals surface area contributed by atoms with Crippen molar-refractivity contribution in [2.24, 2.45) is 0 Å². The van der Waals surface area contributed by atoms with Gasteiger partial charge in [-0.3, -0.25) is 0 Å². The second-order valence-corrected chi connectivity index (χ2v) is 2.55. The minimum atomic E-state index is 0.425. The summed E-state index contributed by atoms with van der Waals surface area (Å²) < 4.78 is 0.780. The first-order valence-corrected chi connectivity index (χ1v) is 3.25. The van der Waals surface area contributed by atoms with Crippen LogP contribution in [-0.4, -0.2) is 9.97 Å². The van der Waals surface area contributed by atoms with E-state index in [1.165, 1.54) is 0 Å². The summed E-state index contributed by atoms with van der Waals surface area (Å²) in [5.41, 5.74) is 0.954. The maximum atomic E-state index is 5.47. The lowest BCUT2D eigenvalue weighted by atomic mass is 10.6. The van der Waals surface area contributed by atoms with E-state index in [4.69, 9.17) is 11.6 Å². The molecule has 1 heterocycles. The van der Waals surface area contributed by atoms with Crippen LogP contribution in [0.1, 0.15) is 5.69 Å². The quantitative estimate of drug-likeness (QED) is 0.675. The molecular weight excluding hydrogens is 191 g/mol. The molecule has 0 spiro atoms. The Bertz CT molecular complexity index is 176. The standard InChI is InChI=1S/C4H4BrClN2/c1-2-3(5)8-4(6)7-2/h1H3,(H,7,8). The number of hydrogen-bond donors (Lipinski definition) is 1. The van der Waals surface area contributed by atoms with Crippen molar-refractivity contribution in [3.63, 3.8) is 0 Å². The molecule has 0 fully saturated rings. The summed E-state index contributed by atoms with van der Waals surface area (Å²) >= 11 is 8.66. The molecule has 0 aliphatic rings. The van der Waals surface area contributed by atoms with Gasteiger partial charge in [0.05, 0.1) is 0 Å². The number of rotatable bonds is 0. The van der Waals surface area contributed by atoms with Gasteiger partial charge in [0.25, 0.3) is 0 Å². The van der Waals surface area contributed by atoms with E-state index in [0.717, 1.165) is 10.3 Å². The van der Waals surface area contributed by atoms with Crippen molar-refractivity contribution >= 4 is 27.5 Å². The zero-order valence-electron chi connectivity index (χ0n) is 4.20. The summed E-state index contributed by atoms with van der Waals surface area (Å²) in [4.78, 5) is 6.65. The van der Waals surface area contributed by atoms with Crippen LogP contribution in [0.2, 0.25) is 5.28 Å². The van der Waals surface area contributed by atoms with E-state index in [-0.39, 0.29) is 0 Å². The summed E-state index contributed by atoms with van der Waals surface area (Å²) in [5.74, 6) is 0. The number of aromatic nitrogens is 2. The van der Waals surface area contributed by atoms with Crippen molar-refractivity contribution in [2.45, 2.75) is 6.92 Å². The molecule has 0 unspecified atom stereocenters. The molecule has 0 amide bonds. The Kier molecular flexibility index (Phi) is 1.58. The fourth-order valence-corrected chi connectivity index (χ4v) is 1.01. The maximum absolute atomic E-state index is 5.47. The van der Waals surface area contributed by atoms with E-state index in [9.17, 15) is 0 Å². The molecule has 44 valence electrons. The lowest BCUT2D eigenvalue weighted by Gasteiger charge is -1.76. The molecule has 0 saturated carbocycles. The monoisotopic (exact) mass is 194 g/mol. The zero-order valence-corrected chi connectivity index (χ0v) is 6.55. The normalized spacial score (nSPS) is 9.88. The summed E-state index contributed by atoms with van der Waals surface area (Å²) in [6.45, 7) is 1.89. The van der Waals surface area contributed by atoms with Gasteiger partial charge in [-0.25, -0.2) is 4.98 Å². The molecule has 0 aliphatic heterocycles. The molecule has 0 atom stereocenters. The van der Waals surface area contributed by atoms with Gasteiger partial charge >= 0.3 is 0 Å². The second kappa shape index (κ2) is 2.07. The average Bonchev–Trinajstić information content (AvgIpc) is 1.85. The maximum Gasteiger partial charge on any atom is 0.201 e. The molecule has 1 aromatic heterocycles. The number of aryl methyl sites for hydroxylation is 1. The van der Waals surface area contributed by atoms with Crippen LogP contribution in [-0.2, 0) is 0 Å². The Morgan fingerprint density at radius 3 is 2.50 bits per heavy atom. The van der Waals surface area contributed by atoms with Crippen molar-refractivity contribution in [3.05, 3.63) is 15.6 Å². The molecule has 0 bridgehead atoms. The highest BCUT2D eigenvalue weighted by atomic mass is 79.9. The predicted octanol–water partition coefficient (Wildman–Crippen LogP) is 2.13. The van der Waals surface area contributed by atoms with Gasteiger partial charge in [0, 0.05) is 5.69 Å². The summed E-state index contributed by atoms with van der Waals surface area (Å²) in [5, 5.41) is 0.425. The number of H-pyrrole nitrogens is 1. The number of imidazole rings is 1. The Morgan fingerprint density at radius 1 is 1.75 bits per heavy atom. The molecule has 0 aliphatic carbocycles. The summed E-state index contributed by atoms with van der Waals surface area (Å²) in [7, 11) is 0. The van der Waals surface area contributed by atoms with Crippen LogP contribution in [0.5, 0.6) is 0 Å². The highest BCUT2D eigenvalue weighted by Gasteiger charge is 1.97. The second-order valence-electron chi connectivity index (χ2n) is 1.44. The number of nitrogens with zero attached hydrogens (tertiary/aromatic N) is 1. The summed E-state index contributed by atoms with van der Waals surface area (Å²) in [6, 6.07) is 0. The van der Waals surface area contributed by atoms with E-state index < -0.39 is 0 Å². The summed E-state index contributed by atoms with van der Waals surface area (Å²) in [6.07, 6.45) is 0. The lowest BCUT2D eigenvalue weighted by Crippen LogP contribution is -1.66. The van der Waals surface area contributed by atoms with E-state index in [1.807, 2.05) is 6.92 Å². The molecule has 8 heavy (non-hydrogen) atoms. The van der Waals surface area contributed by atoms with Crippen LogP contribution >= 0.6 is 27.5 Å². The van der Waals surface area contributed by atoms with Gasteiger partial charge in [-0.15, -0.1) is 0 Å². The van der Waals surface area contributed by atoms with Crippen LogP contribution in [0.25, 0.3) is 0 Å². The Hall–Kier alpha value is -0.0200. The molecule has 0 saturated heterocycles. The van der Waals surface area contributed by atoms with E-state index in [0.29, 0.717) is 5.28 Å². The Balaban J connectivity index is 3.14. The minimum absolute atomic E-state index is 0.425. The average molecular weight is 195 g/mol. The highest BCUT2D eigenvalue weighted by Crippen LogP contribution is 2.14. The van der Waals surface area contributed by atoms with Gasteiger partial charge in [-0.05, 0) is 34.5 Å². The van der Waals surface area contributed by atoms with Gasteiger partial charge in [-0.1, -0.05) is 0 Å². The van der Waals surface area contributed by atoms with Crippen molar-refractivity contribution in [3.8, 4) is 0 Å². The van der Waals surface area contributed by atoms with Crippen molar-refractivity contribution in [1.82, 2.24) is 9.97 Å². The van der Waals surface area contributed by atoms with E-state index >= 15 is 0 Å². The molecule has 4 heteroatoms. The van der Waals surface area contributed by atoms with Gasteiger partial charge < -0.3 is 4.98 Å². The highest BCUT2D eigenvalue weighted by molar-refractivity contribution is 9.10. The third-order valence-corrected chi connectivity index (χ3v) is 1.75. The fourth-order valence-electron chi connectivity index (χ4n) is 0.404. The first-order valence-electron chi connectivity index (χ1n) is 2.08. The van der Waals surface area contributed by atoms with Gasteiger partial charge in [0.1, 0.15) is 4.60 Å².